The summed E-state index contributed by atoms with van der Waals surface area (Å²) in [5, 5.41) is 2.56. The van der Waals surface area contributed by atoms with Crippen molar-refractivity contribution in [1.29, 1.82) is 0 Å². The van der Waals surface area contributed by atoms with Crippen LogP contribution in [0.25, 0.3) is 0 Å². The number of amides is 1. The number of hydrogen-bond donors (Lipinski definition) is 3. The zero-order valence-corrected chi connectivity index (χ0v) is 10.9. The average Bonchev–Trinajstić information content (AvgIpc) is 2.80. The topological polar surface area (TPSA) is 104 Å². The Morgan fingerprint density at radius 1 is 1.26 bits per heavy atom. The summed E-state index contributed by atoms with van der Waals surface area (Å²) < 4.78 is 24.4. The first-order valence-corrected chi connectivity index (χ1v) is 7.22. The van der Waals surface area contributed by atoms with Gasteiger partial charge < -0.3 is 4.98 Å². The summed E-state index contributed by atoms with van der Waals surface area (Å²) in [7, 11) is -3.32. The minimum absolute atomic E-state index is 0.333. The van der Waals surface area contributed by atoms with Gasteiger partial charge in [-0.25, -0.2) is 13.4 Å². The quantitative estimate of drug-likeness (QED) is 0.778. The van der Waals surface area contributed by atoms with Crippen molar-refractivity contribution in [2.45, 2.75) is 0 Å². The Balaban J connectivity index is 2.08. The third-order valence-electron chi connectivity index (χ3n) is 2.18. The summed E-state index contributed by atoms with van der Waals surface area (Å²) in [6.45, 7) is 0. The van der Waals surface area contributed by atoms with Gasteiger partial charge in [0.05, 0.1) is 6.26 Å². The SMILES string of the molecule is CS(=O)(=O)Nc1ccc(C(=O)Nc2ncc[nH]2)cc1. The second-order valence-corrected chi connectivity index (χ2v) is 5.59. The van der Waals surface area contributed by atoms with Crippen LogP contribution in [0.4, 0.5) is 11.6 Å². The summed E-state index contributed by atoms with van der Waals surface area (Å²) in [6.07, 6.45) is 4.17. The lowest BCUT2D eigenvalue weighted by molar-refractivity contribution is 0.102. The van der Waals surface area contributed by atoms with Gasteiger partial charge in [0.1, 0.15) is 0 Å². The monoisotopic (exact) mass is 280 g/mol. The van der Waals surface area contributed by atoms with Gasteiger partial charge >= 0.3 is 0 Å². The molecule has 0 fully saturated rings. The molecule has 0 atom stereocenters. The fourth-order valence-electron chi connectivity index (χ4n) is 1.42. The molecule has 0 bridgehead atoms. The number of nitrogens with one attached hydrogen (secondary N) is 3. The van der Waals surface area contributed by atoms with E-state index in [1.54, 1.807) is 6.20 Å². The molecule has 0 unspecified atom stereocenters. The predicted octanol–water partition coefficient (Wildman–Crippen LogP) is 1.03. The molecule has 1 aromatic carbocycles. The molecule has 0 saturated heterocycles. The van der Waals surface area contributed by atoms with E-state index in [9.17, 15) is 13.2 Å². The number of aromatic nitrogens is 2. The van der Waals surface area contributed by atoms with Crippen LogP contribution in [0, 0.1) is 0 Å². The van der Waals surface area contributed by atoms with Crippen LogP contribution >= 0.6 is 0 Å². The van der Waals surface area contributed by atoms with Gasteiger partial charge in [0.2, 0.25) is 16.0 Å². The third-order valence-corrected chi connectivity index (χ3v) is 2.79. The molecule has 0 aliphatic rings. The molecule has 0 aliphatic heterocycles. The lowest BCUT2D eigenvalue weighted by atomic mass is 10.2. The second kappa shape index (κ2) is 5.11. The first-order valence-electron chi connectivity index (χ1n) is 5.33. The van der Waals surface area contributed by atoms with Crippen LogP contribution in [0.5, 0.6) is 0 Å². The summed E-state index contributed by atoms with van der Waals surface area (Å²) in [5.74, 6) is 0.0178. The molecule has 7 nitrogen and oxygen atoms in total. The van der Waals surface area contributed by atoms with Gasteiger partial charge in [0.15, 0.2) is 0 Å². The van der Waals surface area contributed by atoms with Crippen molar-refractivity contribution in [1.82, 2.24) is 9.97 Å². The van der Waals surface area contributed by atoms with Crippen molar-refractivity contribution in [3.8, 4) is 0 Å². The highest BCUT2D eigenvalue weighted by Gasteiger charge is 2.08. The number of carbonyl (C=O) groups is 1. The van der Waals surface area contributed by atoms with Crippen molar-refractivity contribution >= 4 is 27.6 Å². The molecule has 1 heterocycles. The highest BCUT2D eigenvalue weighted by atomic mass is 32.2. The Bertz CT molecular complexity index is 662. The Morgan fingerprint density at radius 2 is 1.95 bits per heavy atom. The molecule has 0 saturated carbocycles. The van der Waals surface area contributed by atoms with Gasteiger partial charge in [-0.05, 0) is 24.3 Å². The van der Waals surface area contributed by atoms with E-state index >= 15 is 0 Å². The third kappa shape index (κ3) is 3.81. The Labute approximate surface area is 110 Å². The van der Waals surface area contributed by atoms with Crippen LogP contribution in [0.15, 0.2) is 36.7 Å². The number of benzene rings is 1. The number of anilines is 2. The van der Waals surface area contributed by atoms with Crippen molar-refractivity contribution < 1.29 is 13.2 Å². The van der Waals surface area contributed by atoms with Crippen molar-refractivity contribution in [2.24, 2.45) is 0 Å². The van der Waals surface area contributed by atoms with Crippen LogP contribution in [0.1, 0.15) is 10.4 Å². The number of aromatic amines is 1. The molecule has 1 aromatic heterocycles. The lowest BCUT2D eigenvalue weighted by Crippen LogP contribution is -2.13. The zero-order chi connectivity index (χ0) is 13.9. The molecule has 3 N–H and O–H groups in total. The normalized spacial score (nSPS) is 11.0. The number of imidazole rings is 1. The zero-order valence-electron chi connectivity index (χ0n) is 10.0. The van der Waals surface area contributed by atoms with E-state index < -0.39 is 10.0 Å². The highest BCUT2D eigenvalue weighted by molar-refractivity contribution is 7.92. The first-order chi connectivity index (χ1) is 8.94. The maximum absolute atomic E-state index is 11.8. The molecule has 2 rings (SSSR count). The maximum Gasteiger partial charge on any atom is 0.257 e. The number of H-pyrrole nitrogens is 1. The number of nitrogens with zero attached hydrogens (tertiary/aromatic N) is 1. The van der Waals surface area contributed by atoms with Gasteiger partial charge in [0, 0.05) is 23.6 Å². The van der Waals surface area contributed by atoms with Gasteiger partial charge in [-0.2, -0.15) is 0 Å². The van der Waals surface area contributed by atoms with E-state index in [4.69, 9.17) is 0 Å². The molecule has 0 radical (unpaired) electrons. The molecule has 100 valence electrons. The van der Waals surface area contributed by atoms with Crippen molar-refractivity contribution in [3.05, 3.63) is 42.2 Å². The van der Waals surface area contributed by atoms with Gasteiger partial charge in [-0.1, -0.05) is 0 Å². The fraction of sp³-hybridized carbons (Fsp3) is 0.0909. The van der Waals surface area contributed by atoms with E-state index in [1.807, 2.05) is 0 Å². The van der Waals surface area contributed by atoms with Crippen molar-refractivity contribution in [2.75, 3.05) is 16.3 Å². The average molecular weight is 280 g/mol. The van der Waals surface area contributed by atoms with E-state index in [1.165, 1.54) is 30.5 Å². The summed E-state index contributed by atoms with van der Waals surface area (Å²) in [6, 6.07) is 6.06. The lowest BCUT2D eigenvalue weighted by Gasteiger charge is -2.05. The second-order valence-electron chi connectivity index (χ2n) is 3.84. The van der Waals surface area contributed by atoms with Gasteiger partial charge in [0.25, 0.3) is 5.91 Å². The summed E-state index contributed by atoms with van der Waals surface area (Å²) in [4.78, 5) is 18.4. The highest BCUT2D eigenvalue weighted by Crippen LogP contribution is 2.11. The van der Waals surface area contributed by atoms with Gasteiger partial charge in [-0.3, -0.25) is 14.8 Å². The summed E-state index contributed by atoms with van der Waals surface area (Å²) in [5.41, 5.74) is 0.799. The van der Waals surface area contributed by atoms with E-state index in [2.05, 4.69) is 20.0 Å². The van der Waals surface area contributed by atoms with E-state index in [0.717, 1.165) is 6.26 Å². The van der Waals surface area contributed by atoms with Crippen molar-refractivity contribution in [3.63, 3.8) is 0 Å². The standard InChI is InChI=1S/C11H12N4O3S/c1-19(17,18)15-9-4-2-8(3-5-9)10(16)14-11-12-6-7-13-11/h2-7,15H,1H3,(H2,12,13,14,16). The van der Waals surface area contributed by atoms with Crippen LogP contribution < -0.4 is 10.0 Å². The van der Waals surface area contributed by atoms with Crippen LogP contribution in [-0.2, 0) is 10.0 Å². The Kier molecular flexibility index (Phi) is 3.52. The molecule has 2 aromatic rings. The van der Waals surface area contributed by atoms with E-state index in [-0.39, 0.29) is 5.91 Å². The predicted molar refractivity (Wildman–Crippen MR) is 71.4 cm³/mol. The molecule has 0 spiro atoms. The maximum atomic E-state index is 11.8. The number of rotatable bonds is 4. The minimum Gasteiger partial charge on any atom is -0.331 e. The molecule has 19 heavy (non-hydrogen) atoms. The Hall–Kier alpha value is -2.35. The fourth-order valence-corrected chi connectivity index (χ4v) is 1.98. The van der Waals surface area contributed by atoms with Gasteiger partial charge in [-0.15, -0.1) is 0 Å². The molecular formula is C11H12N4O3S. The number of carbonyl (C=O) groups excluding carboxylic acids is 1. The summed E-state index contributed by atoms with van der Waals surface area (Å²) >= 11 is 0. The number of hydrogen-bond acceptors (Lipinski definition) is 4. The molecular weight excluding hydrogens is 268 g/mol. The smallest absolute Gasteiger partial charge is 0.257 e. The van der Waals surface area contributed by atoms with E-state index in [0.29, 0.717) is 17.2 Å². The Morgan fingerprint density at radius 3 is 2.47 bits per heavy atom. The molecule has 0 aliphatic carbocycles. The van der Waals surface area contributed by atoms with Crippen LogP contribution in [0.3, 0.4) is 0 Å². The minimum atomic E-state index is -3.32. The van der Waals surface area contributed by atoms with Crippen LogP contribution in [0.2, 0.25) is 0 Å². The number of sulfonamides is 1. The van der Waals surface area contributed by atoms with Crippen LogP contribution in [-0.4, -0.2) is 30.5 Å². The molecule has 1 amide bonds. The largest absolute Gasteiger partial charge is 0.331 e. The first kappa shape index (κ1) is 13.1. The molecule has 8 heteroatoms.